The Bertz CT molecular complexity index is 1480. The van der Waals surface area contributed by atoms with Crippen LogP contribution in [-0.2, 0) is 15.8 Å². The highest BCUT2D eigenvalue weighted by atomic mass is 19.4. The van der Waals surface area contributed by atoms with Crippen LogP contribution >= 0.6 is 0 Å². The monoisotopic (exact) mass is 530 g/mol. The third-order valence-corrected chi connectivity index (χ3v) is 7.75. The number of halogens is 3. The lowest BCUT2D eigenvalue weighted by atomic mass is 9.89. The van der Waals surface area contributed by atoms with Crippen LogP contribution < -0.4 is 4.90 Å². The number of imide groups is 1. The molecule has 3 aromatic rings. The number of urea groups is 1. The number of rotatable bonds is 4. The third-order valence-electron chi connectivity index (χ3n) is 7.75. The number of likely N-dealkylation sites (tertiary alicyclic amines) is 1. The van der Waals surface area contributed by atoms with Crippen LogP contribution in [0.25, 0.3) is 0 Å². The topological polar surface area (TPSA) is 84.7 Å². The summed E-state index contributed by atoms with van der Waals surface area (Å²) in [6.45, 7) is 0.226. The first-order chi connectivity index (χ1) is 18.7. The summed E-state index contributed by atoms with van der Waals surface area (Å²) in [5, 5.41) is 9.10. The number of anilines is 1. The third kappa shape index (κ3) is 3.84. The maximum Gasteiger partial charge on any atom is 0.417 e. The molecule has 0 N–H and O–H groups in total. The second-order valence-electron chi connectivity index (χ2n) is 9.85. The Labute approximate surface area is 221 Å². The minimum atomic E-state index is -4.84. The van der Waals surface area contributed by atoms with E-state index in [-0.39, 0.29) is 18.1 Å². The number of carbonyl (C=O) groups excluding carboxylic acids is 3. The lowest BCUT2D eigenvalue weighted by molar-refractivity contribution is -0.138. The van der Waals surface area contributed by atoms with E-state index in [0.717, 1.165) is 28.2 Å². The molecule has 2 bridgehead atoms. The number of nitriles is 1. The number of nitrogens with zero attached hydrogens (tertiary/aromatic N) is 4. The van der Waals surface area contributed by atoms with Crippen molar-refractivity contribution in [2.75, 3.05) is 11.4 Å². The predicted octanol–water partition coefficient (Wildman–Crippen LogP) is 4.53. The lowest BCUT2D eigenvalue weighted by Gasteiger charge is -2.37. The summed E-state index contributed by atoms with van der Waals surface area (Å²) in [6.07, 6.45) is -4.42. The normalized spacial score (nSPS) is 22.0. The van der Waals surface area contributed by atoms with Crippen molar-refractivity contribution in [1.29, 1.82) is 5.26 Å². The lowest BCUT2D eigenvalue weighted by Crippen LogP contribution is -2.55. The van der Waals surface area contributed by atoms with Crippen molar-refractivity contribution in [3.63, 3.8) is 0 Å². The number of fused-ring (bicyclic) bond motifs is 5. The maximum absolute atomic E-state index is 14.0. The van der Waals surface area contributed by atoms with Crippen LogP contribution in [0.4, 0.5) is 23.7 Å². The van der Waals surface area contributed by atoms with Gasteiger partial charge in [-0.05, 0) is 35.7 Å². The van der Waals surface area contributed by atoms with E-state index in [4.69, 9.17) is 5.26 Å². The van der Waals surface area contributed by atoms with Gasteiger partial charge in [-0.2, -0.15) is 18.4 Å². The standard InChI is InChI=1S/C29H21F3N4O3/c30-29(31,32)22-13-20(12-11-19(22)15-33)36-27(38)25-23-14-21(35(25)28(36)39)16-34(23)26(37)24(17-7-3-1-4-8-17)18-9-5-2-6-10-18/h1-13,21,23-25H,14,16H2/t21-,23?,25+/m1/s1. The quantitative estimate of drug-likeness (QED) is 0.464. The Morgan fingerprint density at radius 1 is 0.949 bits per heavy atom. The van der Waals surface area contributed by atoms with Crippen molar-refractivity contribution in [2.45, 2.75) is 36.6 Å². The number of carbonyl (C=O) groups is 3. The van der Waals surface area contributed by atoms with Crippen LogP contribution in [0.5, 0.6) is 0 Å². The number of piperazine rings is 1. The molecule has 3 heterocycles. The Morgan fingerprint density at radius 2 is 1.56 bits per heavy atom. The highest BCUT2D eigenvalue weighted by molar-refractivity contribution is 6.22. The van der Waals surface area contributed by atoms with Crippen LogP contribution in [0.3, 0.4) is 0 Å². The van der Waals surface area contributed by atoms with Gasteiger partial charge < -0.3 is 9.80 Å². The average molecular weight is 531 g/mol. The molecule has 3 fully saturated rings. The molecule has 4 amide bonds. The first-order valence-corrected chi connectivity index (χ1v) is 12.4. The van der Waals surface area contributed by atoms with Crippen molar-refractivity contribution >= 4 is 23.5 Å². The minimum absolute atomic E-state index is 0.198. The van der Waals surface area contributed by atoms with E-state index < -0.39 is 53.3 Å². The molecule has 39 heavy (non-hydrogen) atoms. The molecule has 3 saturated heterocycles. The van der Waals surface area contributed by atoms with Crippen LogP contribution in [0.1, 0.15) is 34.6 Å². The molecule has 3 aromatic carbocycles. The van der Waals surface area contributed by atoms with Crippen molar-refractivity contribution in [2.24, 2.45) is 0 Å². The molecule has 0 radical (unpaired) electrons. The fourth-order valence-corrected chi connectivity index (χ4v) is 6.09. The van der Waals surface area contributed by atoms with Crippen molar-refractivity contribution in [1.82, 2.24) is 9.80 Å². The molecule has 0 aliphatic carbocycles. The SMILES string of the molecule is N#Cc1ccc(N2C(=O)[C@@H]3C4C[C@H](CN4C(=O)C(c4ccccc4)c4ccccc4)N3C2=O)cc1C(F)(F)F. The van der Waals surface area contributed by atoms with Gasteiger partial charge in [0.1, 0.15) is 6.04 Å². The zero-order valence-corrected chi connectivity index (χ0v) is 20.4. The molecule has 196 valence electrons. The zero-order chi connectivity index (χ0) is 27.5. The highest BCUT2D eigenvalue weighted by Crippen LogP contribution is 2.45. The van der Waals surface area contributed by atoms with E-state index in [2.05, 4.69) is 0 Å². The highest BCUT2D eigenvalue weighted by Gasteiger charge is 2.63. The van der Waals surface area contributed by atoms with Gasteiger partial charge in [-0.25, -0.2) is 9.69 Å². The summed E-state index contributed by atoms with van der Waals surface area (Å²) in [6, 6.07) is 20.1. The van der Waals surface area contributed by atoms with Crippen molar-refractivity contribution < 1.29 is 27.6 Å². The predicted molar refractivity (Wildman–Crippen MR) is 133 cm³/mol. The largest absolute Gasteiger partial charge is 0.417 e. The Morgan fingerprint density at radius 3 is 2.13 bits per heavy atom. The number of alkyl halides is 3. The van der Waals surface area contributed by atoms with Crippen LogP contribution in [0.15, 0.2) is 78.9 Å². The second kappa shape index (κ2) is 8.98. The fraction of sp³-hybridized carbons (Fsp3) is 0.241. The molecule has 0 saturated carbocycles. The van der Waals surface area contributed by atoms with Gasteiger partial charge in [0.25, 0.3) is 5.91 Å². The Hall–Kier alpha value is -4.65. The smallest absolute Gasteiger partial charge is 0.334 e. The molecule has 3 atom stereocenters. The maximum atomic E-state index is 14.0. The van der Waals surface area contributed by atoms with Crippen LogP contribution in [0, 0.1) is 11.3 Å². The van der Waals surface area contributed by atoms with Crippen molar-refractivity contribution in [3.8, 4) is 6.07 Å². The van der Waals surface area contributed by atoms with E-state index in [1.54, 1.807) is 4.90 Å². The van der Waals surface area contributed by atoms with Gasteiger partial charge in [0.2, 0.25) is 5.91 Å². The molecular weight excluding hydrogens is 509 g/mol. The van der Waals surface area contributed by atoms with Gasteiger partial charge in [-0.15, -0.1) is 0 Å². The average Bonchev–Trinajstić information content (AvgIpc) is 3.60. The summed E-state index contributed by atoms with van der Waals surface area (Å²) in [5.41, 5.74) is -0.490. The number of benzene rings is 3. The number of hydrogen-bond acceptors (Lipinski definition) is 4. The van der Waals surface area contributed by atoms with Gasteiger partial charge in [0.05, 0.1) is 40.9 Å². The summed E-state index contributed by atoms with van der Waals surface area (Å²) < 4.78 is 40.7. The van der Waals surface area contributed by atoms with Crippen molar-refractivity contribution in [3.05, 3.63) is 101 Å². The van der Waals surface area contributed by atoms with Gasteiger partial charge in [-0.1, -0.05) is 60.7 Å². The van der Waals surface area contributed by atoms with E-state index >= 15 is 0 Å². The molecule has 0 spiro atoms. The molecule has 7 nitrogen and oxygen atoms in total. The molecule has 0 aromatic heterocycles. The van der Waals surface area contributed by atoms with Crippen LogP contribution in [-0.4, -0.2) is 52.3 Å². The fourth-order valence-electron chi connectivity index (χ4n) is 6.09. The molecule has 3 aliphatic heterocycles. The first-order valence-electron chi connectivity index (χ1n) is 12.4. The van der Waals surface area contributed by atoms with Gasteiger partial charge in [0, 0.05) is 6.54 Å². The summed E-state index contributed by atoms with van der Waals surface area (Å²) >= 11 is 0. The number of amides is 4. The number of hydrogen-bond donors (Lipinski definition) is 0. The first kappa shape index (κ1) is 24.7. The van der Waals surface area contributed by atoms with Gasteiger partial charge >= 0.3 is 12.2 Å². The zero-order valence-electron chi connectivity index (χ0n) is 20.4. The van der Waals surface area contributed by atoms with E-state index in [0.29, 0.717) is 12.5 Å². The second-order valence-corrected chi connectivity index (χ2v) is 9.85. The molecule has 1 unspecified atom stereocenters. The molecule has 3 aliphatic rings. The minimum Gasteiger partial charge on any atom is -0.334 e. The van der Waals surface area contributed by atoms with Gasteiger partial charge in [0.15, 0.2) is 0 Å². The molecule has 6 rings (SSSR count). The summed E-state index contributed by atoms with van der Waals surface area (Å²) in [5.74, 6) is -1.49. The summed E-state index contributed by atoms with van der Waals surface area (Å²) in [7, 11) is 0. The summed E-state index contributed by atoms with van der Waals surface area (Å²) in [4.78, 5) is 44.7. The Balaban J connectivity index is 1.33. The van der Waals surface area contributed by atoms with Gasteiger partial charge in [-0.3, -0.25) is 9.59 Å². The molecule has 10 heteroatoms. The van der Waals surface area contributed by atoms with E-state index in [1.165, 1.54) is 11.0 Å². The van der Waals surface area contributed by atoms with E-state index in [1.807, 2.05) is 60.7 Å². The van der Waals surface area contributed by atoms with E-state index in [9.17, 15) is 27.6 Å². The Kier molecular flexibility index (Phi) is 5.68. The van der Waals surface area contributed by atoms with Crippen LogP contribution in [0.2, 0.25) is 0 Å². The molecular formula is C29H21F3N4O3.